The van der Waals surface area contributed by atoms with Gasteiger partial charge in [0.1, 0.15) is 12.4 Å². The molecule has 0 radical (unpaired) electrons. The summed E-state index contributed by atoms with van der Waals surface area (Å²) in [7, 11) is -3.59. The van der Waals surface area contributed by atoms with Gasteiger partial charge in [0.15, 0.2) is 0 Å². The van der Waals surface area contributed by atoms with Crippen LogP contribution in [0.3, 0.4) is 0 Å². The summed E-state index contributed by atoms with van der Waals surface area (Å²) in [4.78, 5) is 11.8. The van der Waals surface area contributed by atoms with Gasteiger partial charge in [-0.25, -0.2) is 13.1 Å². The van der Waals surface area contributed by atoms with Crippen LogP contribution in [-0.2, 0) is 14.8 Å². The standard InChI is InChI=1S/C21H26N2O4S/c1-17-6-8-19(9-7-17)11-15-28(25,26)23-12-10-21(24)22-13-14-27-20-5-3-4-18(2)16-20/h3-9,11,15-16,23H,10,12-14H2,1-2H3,(H,22,24)/b15-11+. The lowest BCUT2D eigenvalue weighted by molar-refractivity contribution is -0.121. The molecule has 0 fully saturated rings. The van der Waals surface area contributed by atoms with Crippen LogP contribution in [0.5, 0.6) is 5.75 Å². The normalized spacial score (nSPS) is 11.5. The number of benzene rings is 2. The van der Waals surface area contributed by atoms with Gasteiger partial charge in [0, 0.05) is 18.4 Å². The van der Waals surface area contributed by atoms with Gasteiger partial charge < -0.3 is 10.1 Å². The van der Waals surface area contributed by atoms with Crippen LogP contribution in [-0.4, -0.2) is 34.0 Å². The number of rotatable bonds is 10. The summed E-state index contributed by atoms with van der Waals surface area (Å²) in [6, 6.07) is 15.2. The average molecular weight is 403 g/mol. The molecule has 0 saturated carbocycles. The van der Waals surface area contributed by atoms with Crippen LogP contribution in [0.4, 0.5) is 0 Å². The predicted octanol–water partition coefficient (Wildman–Crippen LogP) is 2.78. The summed E-state index contributed by atoms with van der Waals surface area (Å²) in [5.74, 6) is 0.514. The molecule has 0 saturated heterocycles. The molecule has 0 atom stereocenters. The minimum Gasteiger partial charge on any atom is -0.492 e. The molecular formula is C21H26N2O4S. The van der Waals surface area contributed by atoms with Crippen molar-refractivity contribution in [2.75, 3.05) is 19.7 Å². The third-order valence-electron chi connectivity index (χ3n) is 3.85. The summed E-state index contributed by atoms with van der Waals surface area (Å²) < 4.78 is 31.8. The second kappa shape index (κ2) is 10.6. The van der Waals surface area contributed by atoms with Crippen LogP contribution in [0.2, 0.25) is 0 Å². The van der Waals surface area contributed by atoms with E-state index in [1.807, 2.05) is 62.4 Å². The Hall–Kier alpha value is -2.64. The fraction of sp³-hybridized carbons (Fsp3) is 0.286. The summed E-state index contributed by atoms with van der Waals surface area (Å²) in [6.07, 6.45) is 1.58. The van der Waals surface area contributed by atoms with Crippen molar-refractivity contribution in [2.24, 2.45) is 0 Å². The summed E-state index contributed by atoms with van der Waals surface area (Å²) >= 11 is 0. The molecule has 2 aromatic rings. The Morgan fingerprint density at radius 3 is 2.50 bits per heavy atom. The largest absolute Gasteiger partial charge is 0.492 e. The highest BCUT2D eigenvalue weighted by molar-refractivity contribution is 7.92. The van der Waals surface area contributed by atoms with E-state index in [2.05, 4.69) is 10.0 Å². The third kappa shape index (κ3) is 8.37. The van der Waals surface area contributed by atoms with Crippen molar-refractivity contribution < 1.29 is 17.9 Å². The Labute approximate surface area is 166 Å². The highest BCUT2D eigenvalue weighted by Crippen LogP contribution is 2.11. The SMILES string of the molecule is Cc1ccc(/C=C/S(=O)(=O)NCCC(=O)NCCOc2cccc(C)c2)cc1. The Kier molecular flexibility index (Phi) is 8.22. The maximum atomic E-state index is 11.9. The molecule has 2 aromatic carbocycles. The quantitative estimate of drug-likeness (QED) is 0.599. The smallest absolute Gasteiger partial charge is 0.233 e. The first-order valence-corrected chi connectivity index (χ1v) is 10.6. The van der Waals surface area contributed by atoms with E-state index in [0.717, 1.165) is 27.8 Å². The van der Waals surface area contributed by atoms with Crippen molar-refractivity contribution in [1.82, 2.24) is 10.0 Å². The molecular weight excluding hydrogens is 376 g/mol. The second-order valence-corrected chi connectivity index (χ2v) is 8.07. The first kappa shape index (κ1) is 21.7. The molecule has 6 nitrogen and oxygen atoms in total. The van der Waals surface area contributed by atoms with E-state index in [1.165, 1.54) is 6.08 Å². The van der Waals surface area contributed by atoms with E-state index in [-0.39, 0.29) is 18.9 Å². The van der Waals surface area contributed by atoms with Gasteiger partial charge in [-0.05, 0) is 43.2 Å². The summed E-state index contributed by atoms with van der Waals surface area (Å²) in [5.41, 5.74) is 3.00. The molecule has 0 aliphatic carbocycles. The van der Waals surface area contributed by atoms with E-state index in [9.17, 15) is 13.2 Å². The molecule has 0 aliphatic rings. The first-order valence-electron chi connectivity index (χ1n) is 9.05. The number of nitrogens with one attached hydrogen (secondary N) is 2. The lowest BCUT2D eigenvalue weighted by Crippen LogP contribution is -2.32. The fourth-order valence-corrected chi connectivity index (χ4v) is 3.17. The highest BCUT2D eigenvalue weighted by Gasteiger charge is 2.07. The maximum Gasteiger partial charge on any atom is 0.233 e. The van der Waals surface area contributed by atoms with Crippen LogP contribution in [0, 0.1) is 13.8 Å². The van der Waals surface area contributed by atoms with Crippen molar-refractivity contribution >= 4 is 22.0 Å². The zero-order valence-corrected chi connectivity index (χ0v) is 17.0. The van der Waals surface area contributed by atoms with Crippen LogP contribution < -0.4 is 14.8 Å². The Bertz CT molecular complexity index is 906. The number of hydrogen-bond donors (Lipinski definition) is 2. The van der Waals surface area contributed by atoms with Crippen LogP contribution in [0.25, 0.3) is 6.08 Å². The summed E-state index contributed by atoms with van der Waals surface area (Å²) in [5, 5.41) is 3.80. The van der Waals surface area contributed by atoms with Crippen LogP contribution in [0.1, 0.15) is 23.1 Å². The molecule has 150 valence electrons. The molecule has 2 rings (SSSR count). The second-order valence-electron chi connectivity index (χ2n) is 6.42. The lowest BCUT2D eigenvalue weighted by Gasteiger charge is -2.08. The first-order chi connectivity index (χ1) is 13.3. The van der Waals surface area contributed by atoms with Gasteiger partial charge in [-0.2, -0.15) is 0 Å². The van der Waals surface area contributed by atoms with Crippen molar-refractivity contribution in [3.05, 3.63) is 70.6 Å². The van der Waals surface area contributed by atoms with Crippen LogP contribution in [0.15, 0.2) is 53.9 Å². The zero-order valence-electron chi connectivity index (χ0n) is 16.1. The number of carbonyl (C=O) groups excluding carboxylic acids is 1. The molecule has 0 unspecified atom stereocenters. The van der Waals surface area contributed by atoms with Gasteiger partial charge in [0.05, 0.1) is 6.54 Å². The molecule has 0 spiro atoms. The number of sulfonamides is 1. The molecule has 7 heteroatoms. The lowest BCUT2D eigenvalue weighted by atomic mass is 10.2. The fourth-order valence-electron chi connectivity index (χ4n) is 2.35. The van der Waals surface area contributed by atoms with Gasteiger partial charge in [-0.15, -0.1) is 0 Å². The van der Waals surface area contributed by atoms with Crippen LogP contribution >= 0.6 is 0 Å². The predicted molar refractivity (Wildman–Crippen MR) is 111 cm³/mol. The topological polar surface area (TPSA) is 84.5 Å². The van der Waals surface area contributed by atoms with Crippen molar-refractivity contribution in [1.29, 1.82) is 0 Å². The number of hydrogen-bond acceptors (Lipinski definition) is 4. The van der Waals surface area contributed by atoms with Crippen molar-refractivity contribution in [2.45, 2.75) is 20.3 Å². The molecule has 0 aromatic heterocycles. The average Bonchev–Trinajstić information content (AvgIpc) is 2.65. The van der Waals surface area contributed by atoms with E-state index in [1.54, 1.807) is 0 Å². The monoisotopic (exact) mass is 402 g/mol. The number of amides is 1. The molecule has 0 heterocycles. The van der Waals surface area contributed by atoms with E-state index in [4.69, 9.17) is 4.74 Å². The van der Waals surface area contributed by atoms with Gasteiger partial charge >= 0.3 is 0 Å². The van der Waals surface area contributed by atoms with E-state index in [0.29, 0.717) is 13.2 Å². The van der Waals surface area contributed by atoms with Crippen molar-refractivity contribution in [3.8, 4) is 5.75 Å². The van der Waals surface area contributed by atoms with Gasteiger partial charge in [-0.3, -0.25) is 4.79 Å². The van der Waals surface area contributed by atoms with Crippen molar-refractivity contribution in [3.63, 3.8) is 0 Å². The molecule has 0 bridgehead atoms. The third-order valence-corrected chi connectivity index (χ3v) is 4.96. The minimum absolute atomic E-state index is 0.0329. The zero-order chi connectivity index (χ0) is 20.4. The number of carbonyl (C=O) groups is 1. The Morgan fingerprint density at radius 1 is 1.04 bits per heavy atom. The maximum absolute atomic E-state index is 11.9. The Balaban J connectivity index is 1.64. The van der Waals surface area contributed by atoms with Gasteiger partial charge in [-0.1, -0.05) is 42.0 Å². The van der Waals surface area contributed by atoms with Gasteiger partial charge in [0.2, 0.25) is 15.9 Å². The molecule has 1 amide bonds. The molecule has 0 aliphatic heterocycles. The minimum atomic E-state index is -3.59. The highest BCUT2D eigenvalue weighted by atomic mass is 32.2. The molecule has 28 heavy (non-hydrogen) atoms. The van der Waals surface area contributed by atoms with E-state index >= 15 is 0 Å². The summed E-state index contributed by atoms with van der Waals surface area (Å²) in [6.45, 7) is 4.68. The van der Waals surface area contributed by atoms with Gasteiger partial charge in [0.25, 0.3) is 0 Å². The number of ether oxygens (including phenoxy) is 1. The molecule has 2 N–H and O–H groups in total. The van der Waals surface area contributed by atoms with E-state index < -0.39 is 10.0 Å². The Morgan fingerprint density at radius 2 is 1.79 bits per heavy atom. The number of aryl methyl sites for hydroxylation is 2.